The zero-order valence-electron chi connectivity index (χ0n) is 15.6. The van der Waals surface area contributed by atoms with Crippen LogP contribution in [0.1, 0.15) is 48.9 Å². The molecule has 2 aliphatic rings. The highest BCUT2D eigenvalue weighted by Crippen LogP contribution is 2.42. The number of benzene rings is 2. The lowest BCUT2D eigenvalue weighted by Crippen LogP contribution is -2.59. The molecule has 4 heteroatoms. The maximum absolute atomic E-state index is 5.68. The fraction of sp³-hybridized carbons (Fsp3) is 0.455. The quantitative estimate of drug-likeness (QED) is 0.873. The molecule has 2 aromatic carbocycles. The number of methoxy groups -OCH3 is 2. The number of para-hydroxylation sites is 2. The third kappa shape index (κ3) is 3.19. The van der Waals surface area contributed by atoms with Crippen LogP contribution in [0.3, 0.4) is 0 Å². The van der Waals surface area contributed by atoms with Crippen molar-refractivity contribution in [2.45, 2.75) is 49.9 Å². The molecule has 1 saturated heterocycles. The molecule has 0 unspecified atom stereocenters. The Kier molecular flexibility index (Phi) is 5.14. The molecule has 1 aliphatic heterocycles. The van der Waals surface area contributed by atoms with E-state index in [4.69, 9.17) is 9.47 Å². The molecule has 138 valence electrons. The second kappa shape index (κ2) is 7.68. The highest BCUT2D eigenvalue weighted by Gasteiger charge is 2.40. The van der Waals surface area contributed by atoms with Crippen molar-refractivity contribution >= 4 is 0 Å². The minimum Gasteiger partial charge on any atom is -0.496 e. The zero-order chi connectivity index (χ0) is 17.9. The van der Waals surface area contributed by atoms with Gasteiger partial charge in [0.25, 0.3) is 0 Å². The van der Waals surface area contributed by atoms with Crippen molar-refractivity contribution in [3.05, 3.63) is 59.7 Å². The normalized spacial score (nSPS) is 28.2. The number of piperazine rings is 1. The van der Waals surface area contributed by atoms with Crippen molar-refractivity contribution in [2.75, 3.05) is 14.2 Å². The van der Waals surface area contributed by atoms with Gasteiger partial charge in [-0.05, 0) is 25.0 Å². The van der Waals surface area contributed by atoms with E-state index in [1.54, 1.807) is 14.2 Å². The summed E-state index contributed by atoms with van der Waals surface area (Å²) in [6.07, 6.45) is 5.05. The lowest BCUT2D eigenvalue weighted by molar-refractivity contribution is 0.165. The molecule has 1 heterocycles. The molecule has 0 amide bonds. The topological polar surface area (TPSA) is 42.5 Å². The highest BCUT2D eigenvalue weighted by molar-refractivity contribution is 5.43. The summed E-state index contributed by atoms with van der Waals surface area (Å²) in [5.41, 5.74) is 2.39. The van der Waals surface area contributed by atoms with Gasteiger partial charge >= 0.3 is 0 Å². The number of rotatable bonds is 4. The van der Waals surface area contributed by atoms with Gasteiger partial charge in [-0.2, -0.15) is 0 Å². The summed E-state index contributed by atoms with van der Waals surface area (Å²) in [5.74, 6) is 1.86. The molecule has 0 bridgehead atoms. The van der Waals surface area contributed by atoms with Crippen molar-refractivity contribution in [3.8, 4) is 11.5 Å². The van der Waals surface area contributed by atoms with Crippen LogP contribution in [0.5, 0.6) is 11.5 Å². The first kappa shape index (κ1) is 17.4. The molecular formula is C22H28N2O2. The molecule has 2 fully saturated rings. The van der Waals surface area contributed by atoms with Gasteiger partial charge in [-0.25, -0.2) is 0 Å². The summed E-state index contributed by atoms with van der Waals surface area (Å²) >= 11 is 0. The monoisotopic (exact) mass is 352 g/mol. The second-order valence-corrected chi connectivity index (χ2v) is 7.27. The number of hydrogen-bond donors (Lipinski definition) is 2. The fourth-order valence-electron chi connectivity index (χ4n) is 4.57. The zero-order valence-corrected chi connectivity index (χ0v) is 15.6. The van der Waals surface area contributed by atoms with Crippen LogP contribution in [-0.2, 0) is 0 Å². The van der Waals surface area contributed by atoms with Crippen molar-refractivity contribution in [3.63, 3.8) is 0 Å². The van der Waals surface area contributed by atoms with E-state index in [0.717, 1.165) is 11.5 Å². The summed E-state index contributed by atoms with van der Waals surface area (Å²) in [6, 6.07) is 18.0. The third-order valence-corrected chi connectivity index (χ3v) is 5.83. The fourth-order valence-corrected chi connectivity index (χ4v) is 4.57. The number of ether oxygens (including phenoxy) is 2. The van der Waals surface area contributed by atoms with Gasteiger partial charge in [0, 0.05) is 23.2 Å². The van der Waals surface area contributed by atoms with Gasteiger partial charge in [-0.15, -0.1) is 0 Å². The molecule has 1 saturated carbocycles. The Balaban J connectivity index is 1.76. The van der Waals surface area contributed by atoms with E-state index in [0.29, 0.717) is 12.1 Å². The van der Waals surface area contributed by atoms with Gasteiger partial charge < -0.3 is 20.1 Å². The van der Waals surface area contributed by atoms with Crippen LogP contribution in [0.15, 0.2) is 48.5 Å². The van der Waals surface area contributed by atoms with Crippen LogP contribution in [0.2, 0.25) is 0 Å². The standard InChI is InChI=1S/C22H28N2O2/c1-25-19-13-7-3-9-15(19)21-22(16-10-4-8-14-20(16)26-2)24-18-12-6-5-11-17(18)23-21/h3-4,7-10,13-14,17-18,21-24H,5-6,11-12H2,1-2H3/t17-,18-,21-,22-/m1/s1. The molecule has 2 N–H and O–H groups in total. The average molecular weight is 352 g/mol. The molecule has 2 aromatic rings. The van der Waals surface area contributed by atoms with Crippen LogP contribution in [-0.4, -0.2) is 26.3 Å². The van der Waals surface area contributed by atoms with Gasteiger partial charge in [0.1, 0.15) is 11.5 Å². The van der Waals surface area contributed by atoms with E-state index in [-0.39, 0.29) is 12.1 Å². The van der Waals surface area contributed by atoms with Gasteiger partial charge in [0.2, 0.25) is 0 Å². The maximum atomic E-state index is 5.68. The van der Waals surface area contributed by atoms with Crippen molar-refractivity contribution in [1.82, 2.24) is 10.6 Å². The molecule has 26 heavy (non-hydrogen) atoms. The summed E-state index contributed by atoms with van der Waals surface area (Å²) < 4.78 is 11.4. The first-order chi connectivity index (χ1) is 12.8. The Bertz CT molecular complexity index is 685. The Morgan fingerprint density at radius 2 is 1.12 bits per heavy atom. The van der Waals surface area contributed by atoms with E-state index in [1.807, 2.05) is 24.3 Å². The number of hydrogen-bond acceptors (Lipinski definition) is 4. The SMILES string of the molecule is COc1ccccc1[C@H]1N[C@@H]2CCCC[C@H]2N[C@@H]1c1ccccc1OC. The van der Waals surface area contributed by atoms with Gasteiger partial charge in [-0.3, -0.25) is 0 Å². The summed E-state index contributed by atoms with van der Waals surface area (Å²) in [4.78, 5) is 0. The maximum Gasteiger partial charge on any atom is 0.123 e. The second-order valence-electron chi connectivity index (χ2n) is 7.27. The number of fused-ring (bicyclic) bond motifs is 1. The number of nitrogens with one attached hydrogen (secondary N) is 2. The third-order valence-electron chi connectivity index (χ3n) is 5.83. The Morgan fingerprint density at radius 3 is 1.54 bits per heavy atom. The summed E-state index contributed by atoms with van der Waals surface area (Å²) in [5, 5.41) is 7.90. The molecule has 4 rings (SSSR count). The van der Waals surface area contributed by atoms with Gasteiger partial charge in [-0.1, -0.05) is 49.2 Å². The van der Waals surface area contributed by atoms with E-state index < -0.39 is 0 Å². The van der Waals surface area contributed by atoms with Crippen LogP contribution in [0.25, 0.3) is 0 Å². The smallest absolute Gasteiger partial charge is 0.123 e. The van der Waals surface area contributed by atoms with Crippen LogP contribution < -0.4 is 20.1 Å². The van der Waals surface area contributed by atoms with Gasteiger partial charge in [0.15, 0.2) is 0 Å². The van der Waals surface area contributed by atoms with E-state index in [9.17, 15) is 0 Å². The summed E-state index contributed by atoms with van der Waals surface area (Å²) in [6.45, 7) is 0. The largest absolute Gasteiger partial charge is 0.496 e. The predicted octanol–water partition coefficient (Wildman–Crippen LogP) is 3.99. The molecule has 1 aliphatic carbocycles. The lowest BCUT2D eigenvalue weighted by Gasteiger charge is -2.46. The van der Waals surface area contributed by atoms with Crippen LogP contribution >= 0.6 is 0 Å². The Hall–Kier alpha value is -2.04. The van der Waals surface area contributed by atoms with Crippen molar-refractivity contribution in [1.29, 1.82) is 0 Å². The van der Waals surface area contributed by atoms with Gasteiger partial charge in [0.05, 0.1) is 26.3 Å². The molecule has 0 spiro atoms. The van der Waals surface area contributed by atoms with E-state index in [2.05, 4.69) is 34.9 Å². The molecule has 4 atom stereocenters. The predicted molar refractivity (Wildman–Crippen MR) is 104 cm³/mol. The van der Waals surface area contributed by atoms with Crippen molar-refractivity contribution in [2.24, 2.45) is 0 Å². The molecular weight excluding hydrogens is 324 g/mol. The molecule has 0 radical (unpaired) electrons. The highest BCUT2D eigenvalue weighted by atomic mass is 16.5. The average Bonchev–Trinajstić information content (AvgIpc) is 2.72. The first-order valence-corrected chi connectivity index (χ1v) is 9.59. The minimum absolute atomic E-state index is 0.141. The Morgan fingerprint density at radius 1 is 0.692 bits per heavy atom. The lowest BCUT2D eigenvalue weighted by atomic mass is 9.81. The van der Waals surface area contributed by atoms with E-state index in [1.165, 1.54) is 36.8 Å². The molecule has 0 aromatic heterocycles. The Labute approximate surface area is 155 Å². The first-order valence-electron chi connectivity index (χ1n) is 9.59. The summed E-state index contributed by atoms with van der Waals surface area (Å²) in [7, 11) is 3.49. The van der Waals surface area contributed by atoms with E-state index >= 15 is 0 Å². The minimum atomic E-state index is 0.141. The van der Waals surface area contributed by atoms with Crippen LogP contribution in [0.4, 0.5) is 0 Å². The van der Waals surface area contributed by atoms with Crippen LogP contribution in [0, 0.1) is 0 Å². The van der Waals surface area contributed by atoms with Crippen molar-refractivity contribution < 1.29 is 9.47 Å². The molecule has 4 nitrogen and oxygen atoms in total.